The van der Waals surface area contributed by atoms with E-state index in [9.17, 15) is 13.2 Å². The van der Waals surface area contributed by atoms with Crippen molar-refractivity contribution in [1.29, 1.82) is 0 Å². The van der Waals surface area contributed by atoms with Crippen LogP contribution in [0.4, 0.5) is 0 Å². The number of sulfonamides is 1. The first-order valence-electron chi connectivity index (χ1n) is 8.08. The third kappa shape index (κ3) is 3.16. The summed E-state index contributed by atoms with van der Waals surface area (Å²) in [5, 5.41) is 8.85. The molecule has 8 heteroatoms. The number of benzene rings is 1. The fraction of sp³-hybridized carbons (Fsp3) is 0.500. The van der Waals surface area contributed by atoms with E-state index in [1.54, 1.807) is 29.7 Å². The maximum atomic E-state index is 12.8. The molecule has 1 aromatic carbocycles. The predicted molar refractivity (Wildman–Crippen MR) is 89.3 cm³/mol. The minimum atomic E-state index is -3.49. The highest BCUT2D eigenvalue weighted by molar-refractivity contribution is 7.89. The number of hydrogen-bond donors (Lipinski definition) is 1. The molecule has 0 unspecified atom stereocenters. The third-order valence-corrected chi connectivity index (χ3v) is 6.31. The lowest BCUT2D eigenvalue weighted by atomic mass is 10.2. The highest BCUT2D eigenvalue weighted by Crippen LogP contribution is 2.25. The molecule has 0 amide bonds. The Hall–Kier alpha value is -1.93. The Balaban J connectivity index is 1.95. The van der Waals surface area contributed by atoms with Gasteiger partial charge in [-0.05, 0) is 38.0 Å². The molecule has 130 valence electrons. The van der Waals surface area contributed by atoms with E-state index in [0.717, 1.165) is 24.8 Å². The Bertz CT molecular complexity index is 867. The van der Waals surface area contributed by atoms with E-state index in [1.807, 2.05) is 0 Å². The number of aliphatic carboxylic acids is 1. The summed E-state index contributed by atoms with van der Waals surface area (Å²) in [6, 6.07) is 4.89. The SMILES string of the molecule is Cc1nc2cc(S(=O)(=O)N3CCCCC3)ccc2n1CCC(=O)O. The second-order valence-corrected chi connectivity index (χ2v) is 8.01. The van der Waals surface area contributed by atoms with Crippen LogP contribution in [-0.4, -0.2) is 46.4 Å². The number of piperidine rings is 1. The van der Waals surface area contributed by atoms with Crippen LogP contribution >= 0.6 is 0 Å². The van der Waals surface area contributed by atoms with Gasteiger partial charge in [-0.2, -0.15) is 4.31 Å². The highest BCUT2D eigenvalue weighted by Gasteiger charge is 2.26. The van der Waals surface area contributed by atoms with Crippen molar-refractivity contribution < 1.29 is 18.3 Å². The fourth-order valence-electron chi connectivity index (χ4n) is 3.13. The lowest BCUT2D eigenvalue weighted by molar-refractivity contribution is -0.137. The van der Waals surface area contributed by atoms with E-state index < -0.39 is 16.0 Å². The molecular weight excluding hydrogens is 330 g/mol. The molecule has 1 saturated heterocycles. The molecule has 0 saturated carbocycles. The minimum absolute atomic E-state index is 0.000127. The van der Waals surface area contributed by atoms with Crippen LogP contribution in [0.1, 0.15) is 31.5 Å². The summed E-state index contributed by atoms with van der Waals surface area (Å²) in [4.78, 5) is 15.4. The molecule has 0 radical (unpaired) electrons. The minimum Gasteiger partial charge on any atom is -0.481 e. The molecule has 0 aliphatic carbocycles. The summed E-state index contributed by atoms with van der Waals surface area (Å²) in [6.07, 6.45) is 2.85. The van der Waals surface area contributed by atoms with Crippen molar-refractivity contribution in [1.82, 2.24) is 13.9 Å². The second kappa shape index (κ2) is 6.52. The molecule has 2 aromatic rings. The molecule has 0 atom stereocenters. The summed E-state index contributed by atoms with van der Waals surface area (Å²) < 4.78 is 28.8. The first kappa shape index (κ1) is 16.9. The summed E-state index contributed by atoms with van der Waals surface area (Å²) >= 11 is 0. The zero-order chi connectivity index (χ0) is 17.3. The predicted octanol–water partition coefficient (Wildman–Crippen LogP) is 1.99. The summed E-state index contributed by atoms with van der Waals surface area (Å²) in [7, 11) is -3.49. The fourth-order valence-corrected chi connectivity index (χ4v) is 4.67. The van der Waals surface area contributed by atoms with Crippen molar-refractivity contribution in [2.24, 2.45) is 0 Å². The Morgan fingerprint density at radius 1 is 1.25 bits per heavy atom. The molecule has 1 aliphatic heterocycles. The number of carbonyl (C=O) groups is 1. The molecular formula is C16H21N3O4S. The van der Waals surface area contributed by atoms with Crippen LogP contribution in [0.5, 0.6) is 0 Å². The number of carboxylic acids is 1. The molecule has 3 rings (SSSR count). The Morgan fingerprint density at radius 3 is 2.62 bits per heavy atom. The number of fused-ring (bicyclic) bond motifs is 1. The average Bonchev–Trinajstić information content (AvgIpc) is 2.88. The zero-order valence-electron chi connectivity index (χ0n) is 13.6. The van der Waals surface area contributed by atoms with Gasteiger partial charge in [0.1, 0.15) is 5.82 Å². The smallest absolute Gasteiger partial charge is 0.305 e. The van der Waals surface area contributed by atoms with Crippen molar-refractivity contribution in [2.45, 2.75) is 44.0 Å². The van der Waals surface area contributed by atoms with Crippen LogP contribution in [0.15, 0.2) is 23.1 Å². The number of aromatic nitrogens is 2. The number of imidazole rings is 1. The summed E-state index contributed by atoms with van der Waals surface area (Å²) in [5.74, 6) is -0.195. The second-order valence-electron chi connectivity index (χ2n) is 6.07. The largest absolute Gasteiger partial charge is 0.481 e. The lowest BCUT2D eigenvalue weighted by Crippen LogP contribution is -2.35. The van der Waals surface area contributed by atoms with Gasteiger partial charge in [-0.25, -0.2) is 13.4 Å². The molecule has 1 aromatic heterocycles. The molecule has 1 aliphatic rings. The lowest BCUT2D eigenvalue weighted by Gasteiger charge is -2.25. The number of aryl methyl sites for hydroxylation is 2. The first-order chi connectivity index (χ1) is 11.4. The normalized spacial score (nSPS) is 16.5. The van der Waals surface area contributed by atoms with Gasteiger partial charge in [-0.1, -0.05) is 6.42 Å². The van der Waals surface area contributed by atoms with E-state index in [-0.39, 0.29) is 11.3 Å². The van der Waals surface area contributed by atoms with Crippen LogP contribution in [0.2, 0.25) is 0 Å². The van der Waals surface area contributed by atoms with Crippen LogP contribution in [0.3, 0.4) is 0 Å². The number of rotatable bonds is 5. The third-order valence-electron chi connectivity index (χ3n) is 4.41. The van der Waals surface area contributed by atoms with Gasteiger partial charge >= 0.3 is 5.97 Å². The van der Waals surface area contributed by atoms with Crippen molar-refractivity contribution in [3.8, 4) is 0 Å². The van der Waals surface area contributed by atoms with Gasteiger partial charge in [-0.3, -0.25) is 4.79 Å². The average molecular weight is 351 g/mol. The molecule has 0 bridgehead atoms. The summed E-state index contributed by atoms with van der Waals surface area (Å²) in [6.45, 7) is 3.23. The number of nitrogens with zero attached hydrogens (tertiary/aromatic N) is 3. The van der Waals surface area contributed by atoms with E-state index in [0.29, 0.717) is 31.0 Å². The van der Waals surface area contributed by atoms with E-state index >= 15 is 0 Å². The van der Waals surface area contributed by atoms with Gasteiger partial charge in [0, 0.05) is 19.6 Å². The molecule has 24 heavy (non-hydrogen) atoms. The van der Waals surface area contributed by atoms with Gasteiger partial charge in [0.05, 0.1) is 22.3 Å². The topological polar surface area (TPSA) is 92.5 Å². The Labute approximate surface area is 141 Å². The van der Waals surface area contributed by atoms with Gasteiger partial charge in [-0.15, -0.1) is 0 Å². The van der Waals surface area contributed by atoms with E-state index in [1.165, 1.54) is 4.31 Å². The van der Waals surface area contributed by atoms with Crippen molar-refractivity contribution >= 4 is 27.0 Å². The van der Waals surface area contributed by atoms with E-state index in [2.05, 4.69) is 4.98 Å². The molecule has 2 heterocycles. The van der Waals surface area contributed by atoms with Crippen molar-refractivity contribution in [3.63, 3.8) is 0 Å². The maximum absolute atomic E-state index is 12.8. The molecule has 0 spiro atoms. The molecule has 7 nitrogen and oxygen atoms in total. The quantitative estimate of drug-likeness (QED) is 0.889. The zero-order valence-corrected chi connectivity index (χ0v) is 14.4. The summed E-state index contributed by atoms with van der Waals surface area (Å²) in [5.41, 5.74) is 1.34. The van der Waals surface area contributed by atoms with Gasteiger partial charge in [0.2, 0.25) is 10.0 Å². The molecule has 1 N–H and O–H groups in total. The molecule has 1 fully saturated rings. The first-order valence-corrected chi connectivity index (χ1v) is 9.52. The highest BCUT2D eigenvalue weighted by atomic mass is 32.2. The van der Waals surface area contributed by atoms with Gasteiger partial charge in [0.25, 0.3) is 0 Å². The standard InChI is InChI=1S/C16H21N3O4S/c1-12-17-14-11-13(24(22,23)18-8-3-2-4-9-18)5-6-15(14)19(12)10-7-16(20)21/h5-6,11H,2-4,7-10H2,1H3,(H,20,21). The monoisotopic (exact) mass is 351 g/mol. The van der Waals surface area contributed by atoms with Crippen molar-refractivity contribution in [3.05, 3.63) is 24.0 Å². The number of hydrogen-bond acceptors (Lipinski definition) is 4. The van der Waals surface area contributed by atoms with Gasteiger partial charge < -0.3 is 9.67 Å². The van der Waals surface area contributed by atoms with Crippen LogP contribution in [0.25, 0.3) is 11.0 Å². The van der Waals surface area contributed by atoms with Crippen LogP contribution in [-0.2, 0) is 21.4 Å². The Kier molecular flexibility index (Phi) is 4.60. The van der Waals surface area contributed by atoms with Gasteiger partial charge in [0.15, 0.2) is 0 Å². The van der Waals surface area contributed by atoms with Crippen LogP contribution in [0, 0.1) is 6.92 Å². The maximum Gasteiger partial charge on any atom is 0.305 e. The van der Waals surface area contributed by atoms with E-state index in [4.69, 9.17) is 5.11 Å². The van der Waals surface area contributed by atoms with Crippen LogP contribution < -0.4 is 0 Å². The van der Waals surface area contributed by atoms with Crippen molar-refractivity contribution in [2.75, 3.05) is 13.1 Å². The number of carboxylic acid groups (broad SMARTS) is 1. The Morgan fingerprint density at radius 2 is 1.96 bits per heavy atom.